The minimum absolute atomic E-state index is 0.0288. The molecule has 1 amide bonds. The number of fused-ring (bicyclic) bond motifs is 1. The highest BCUT2D eigenvalue weighted by Gasteiger charge is 2.12. The van der Waals surface area contributed by atoms with Crippen LogP contribution in [0.25, 0.3) is 11.0 Å². The van der Waals surface area contributed by atoms with Gasteiger partial charge in [0.05, 0.1) is 17.4 Å². The number of nitrogens with zero attached hydrogens (tertiary/aromatic N) is 2. The van der Waals surface area contributed by atoms with Crippen molar-refractivity contribution < 1.29 is 23.9 Å². The molecule has 0 saturated heterocycles. The first-order valence-electron chi connectivity index (χ1n) is 8.49. The number of hydrogen-bond donors (Lipinski definition) is 1. The van der Waals surface area contributed by atoms with Gasteiger partial charge in [-0.25, -0.2) is 4.79 Å². The summed E-state index contributed by atoms with van der Waals surface area (Å²) in [5.74, 6) is -0.716. The first kappa shape index (κ1) is 19.4. The summed E-state index contributed by atoms with van der Waals surface area (Å²) in [5, 5.41) is 2.64. The first-order chi connectivity index (χ1) is 13.6. The maximum Gasteiger partial charge on any atom is 0.344 e. The van der Waals surface area contributed by atoms with Gasteiger partial charge in [0.1, 0.15) is 16.8 Å². The number of amides is 1. The van der Waals surface area contributed by atoms with Crippen LogP contribution in [0.4, 0.5) is 5.69 Å². The van der Waals surface area contributed by atoms with E-state index in [4.69, 9.17) is 9.47 Å². The second kappa shape index (κ2) is 9.05. The fourth-order valence-electron chi connectivity index (χ4n) is 2.36. The predicted molar refractivity (Wildman–Crippen MR) is 104 cm³/mol. The minimum Gasteiger partial charge on any atom is -0.482 e. The summed E-state index contributed by atoms with van der Waals surface area (Å²) in [7, 11) is 0. The molecule has 28 heavy (non-hydrogen) atoms. The molecule has 0 bridgehead atoms. The normalized spacial score (nSPS) is 10.5. The monoisotopic (exact) mass is 399 g/mol. The highest BCUT2D eigenvalue weighted by molar-refractivity contribution is 7.00. The average Bonchev–Trinajstić information content (AvgIpc) is 3.20. The maximum atomic E-state index is 12.0. The Morgan fingerprint density at radius 2 is 1.82 bits per heavy atom. The smallest absolute Gasteiger partial charge is 0.344 e. The van der Waals surface area contributed by atoms with Crippen LogP contribution >= 0.6 is 11.7 Å². The topological polar surface area (TPSA) is 107 Å². The van der Waals surface area contributed by atoms with Gasteiger partial charge in [-0.2, -0.15) is 8.75 Å². The van der Waals surface area contributed by atoms with Crippen LogP contribution in [0.15, 0.2) is 42.5 Å². The standard InChI is InChI=1S/C19H17N3O5S/c1-2-16(23)12-6-8-13(9-7-12)26-11-18(25)27-10-17(24)20-14-4-3-5-15-19(14)22-28-21-15/h3-9H,2,10-11H2,1H3,(H,20,24). The highest BCUT2D eigenvalue weighted by Crippen LogP contribution is 2.21. The van der Waals surface area contributed by atoms with Gasteiger partial charge in [0.25, 0.3) is 5.91 Å². The number of Topliss-reactive ketones (excluding diaryl/α,β-unsaturated/α-hetero) is 1. The lowest BCUT2D eigenvalue weighted by Crippen LogP contribution is -2.23. The van der Waals surface area contributed by atoms with Crippen LogP contribution in [-0.4, -0.2) is 39.6 Å². The molecule has 0 radical (unpaired) electrons. The van der Waals surface area contributed by atoms with E-state index in [9.17, 15) is 14.4 Å². The van der Waals surface area contributed by atoms with E-state index in [1.165, 1.54) is 0 Å². The lowest BCUT2D eigenvalue weighted by Gasteiger charge is -2.08. The Labute approximate surface area is 164 Å². The molecule has 0 aliphatic rings. The molecule has 0 saturated carbocycles. The summed E-state index contributed by atoms with van der Waals surface area (Å²) in [4.78, 5) is 35.3. The molecule has 1 aromatic heterocycles. The molecule has 144 valence electrons. The van der Waals surface area contributed by atoms with Crippen LogP contribution in [0.1, 0.15) is 23.7 Å². The van der Waals surface area contributed by atoms with Crippen molar-refractivity contribution in [3.8, 4) is 5.75 Å². The van der Waals surface area contributed by atoms with Gasteiger partial charge in [-0.1, -0.05) is 13.0 Å². The SMILES string of the molecule is CCC(=O)c1ccc(OCC(=O)OCC(=O)Nc2cccc3nsnc23)cc1. The Hall–Kier alpha value is -3.33. The molecule has 1 N–H and O–H groups in total. The van der Waals surface area contributed by atoms with E-state index in [2.05, 4.69) is 14.1 Å². The van der Waals surface area contributed by atoms with Gasteiger partial charge in [-0.3, -0.25) is 9.59 Å². The molecule has 8 nitrogen and oxygen atoms in total. The van der Waals surface area contributed by atoms with Crippen molar-refractivity contribution in [1.82, 2.24) is 8.75 Å². The van der Waals surface area contributed by atoms with Gasteiger partial charge >= 0.3 is 5.97 Å². The summed E-state index contributed by atoms with van der Waals surface area (Å²) in [6.45, 7) is 0.993. The van der Waals surface area contributed by atoms with E-state index in [-0.39, 0.29) is 12.4 Å². The minimum atomic E-state index is -0.683. The Balaban J connectivity index is 1.44. The van der Waals surface area contributed by atoms with Crippen molar-refractivity contribution in [1.29, 1.82) is 0 Å². The Morgan fingerprint density at radius 1 is 1.04 bits per heavy atom. The third kappa shape index (κ3) is 4.89. The van der Waals surface area contributed by atoms with Crippen molar-refractivity contribution in [2.75, 3.05) is 18.5 Å². The fraction of sp³-hybridized carbons (Fsp3) is 0.211. The number of nitrogens with one attached hydrogen (secondary N) is 1. The summed E-state index contributed by atoms with van der Waals surface area (Å²) in [5.41, 5.74) is 2.35. The van der Waals surface area contributed by atoms with E-state index in [1.807, 2.05) is 0 Å². The third-order valence-electron chi connectivity index (χ3n) is 3.78. The van der Waals surface area contributed by atoms with Crippen molar-refractivity contribution in [3.63, 3.8) is 0 Å². The van der Waals surface area contributed by atoms with E-state index < -0.39 is 18.5 Å². The van der Waals surface area contributed by atoms with Gasteiger partial charge < -0.3 is 14.8 Å². The summed E-state index contributed by atoms with van der Waals surface area (Å²) >= 11 is 1.05. The predicted octanol–water partition coefficient (Wildman–Crippen LogP) is 2.84. The lowest BCUT2D eigenvalue weighted by atomic mass is 10.1. The second-order valence-electron chi connectivity index (χ2n) is 5.74. The van der Waals surface area contributed by atoms with Gasteiger partial charge in [-0.15, -0.1) is 0 Å². The first-order valence-corrected chi connectivity index (χ1v) is 9.22. The molecule has 0 atom stereocenters. The Kier molecular flexibility index (Phi) is 6.28. The van der Waals surface area contributed by atoms with Gasteiger partial charge in [0, 0.05) is 12.0 Å². The number of hydrogen-bond acceptors (Lipinski definition) is 8. The number of benzene rings is 2. The van der Waals surface area contributed by atoms with E-state index in [0.717, 1.165) is 11.7 Å². The molecule has 0 aliphatic carbocycles. The van der Waals surface area contributed by atoms with Crippen LogP contribution in [0.3, 0.4) is 0 Å². The summed E-state index contributed by atoms with van der Waals surface area (Å²) < 4.78 is 18.4. The van der Waals surface area contributed by atoms with E-state index in [1.54, 1.807) is 49.4 Å². The van der Waals surface area contributed by atoms with Crippen LogP contribution in [0.5, 0.6) is 5.75 Å². The molecule has 0 unspecified atom stereocenters. The Morgan fingerprint density at radius 3 is 2.57 bits per heavy atom. The van der Waals surface area contributed by atoms with Gasteiger partial charge in [0.2, 0.25) is 0 Å². The highest BCUT2D eigenvalue weighted by atomic mass is 32.1. The molecule has 1 heterocycles. The van der Waals surface area contributed by atoms with Crippen molar-refractivity contribution in [2.24, 2.45) is 0 Å². The number of ether oxygens (including phenoxy) is 2. The number of ketones is 1. The number of esters is 1. The Bertz CT molecular complexity index is 1000. The molecular formula is C19H17N3O5S. The van der Waals surface area contributed by atoms with E-state index >= 15 is 0 Å². The molecule has 2 aromatic carbocycles. The zero-order valence-electron chi connectivity index (χ0n) is 15.0. The molecule has 0 fully saturated rings. The number of aromatic nitrogens is 2. The quantitative estimate of drug-likeness (QED) is 0.458. The molecule has 3 rings (SSSR count). The lowest BCUT2D eigenvalue weighted by molar-refractivity contribution is -0.149. The van der Waals surface area contributed by atoms with E-state index in [0.29, 0.717) is 34.5 Å². The molecule has 0 spiro atoms. The third-order valence-corrected chi connectivity index (χ3v) is 4.32. The second-order valence-corrected chi connectivity index (χ2v) is 6.26. The van der Waals surface area contributed by atoms with Crippen LogP contribution in [-0.2, 0) is 14.3 Å². The molecule has 3 aromatic rings. The summed E-state index contributed by atoms with van der Waals surface area (Å²) in [6.07, 6.45) is 0.419. The zero-order valence-corrected chi connectivity index (χ0v) is 15.8. The van der Waals surface area contributed by atoms with Crippen molar-refractivity contribution in [2.45, 2.75) is 13.3 Å². The molecular weight excluding hydrogens is 382 g/mol. The largest absolute Gasteiger partial charge is 0.482 e. The van der Waals surface area contributed by atoms with Crippen LogP contribution in [0, 0.1) is 0 Å². The number of anilines is 1. The average molecular weight is 399 g/mol. The van der Waals surface area contributed by atoms with Gasteiger partial charge in [-0.05, 0) is 36.4 Å². The fourth-order valence-corrected chi connectivity index (χ4v) is 2.91. The zero-order chi connectivity index (χ0) is 19.9. The number of carbonyl (C=O) groups is 3. The summed E-state index contributed by atoms with van der Waals surface area (Å²) in [6, 6.07) is 11.7. The van der Waals surface area contributed by atoms with Gasteiger partial charge in [0.15, 0.2) is 19.0 Å². The van der Waals surface area contributed by atoms with Crippen molar-refractivity contribution >= 4 is 46.1 Å². The van der Waals surface area contributed by atoms with Crippen molar-refractivity contribution in [3.05, 3.63) is 48.0 Å². The molecule has 0 aliphatic heterocycles. The number of rotatable bonds is 8. The maximum absolute atomic E-state index is 12.0. The molecule has 9 heteroatoms. The number of carbonyl (C=O) groups excluding carboxylic acids is 3. The van der Waals surface area contributed by atoms with Crippen LogP contribution < -0.4 is 10.1 Å². The van der Waals surface area contributed by atoms with Crippen LogP contribution in [0.2, 0.25) is 0 Å².